The number of benzene rings is 1. The van der Waals surface area contributed by atoms with E-state index in [1.807, 2.05) is 0 Å². The van der Waals surface area contributed by atoms with Gasteiger partial charge in [0.05, 0.1) is 19.1 Å². The minimum Gasteiger partial charge on any atom is -0.508 e. The predicted molar refractivity (Wildman–Crippen MR) is 108 cm³/mol. The summed E-state index contributed by atoms with van der Waals surface area (Å²) in [6.45, 7) is 0.330. The molecule has 1 aromatic rings. The van der Waals surface area contributed by atoms with E-state index in [-0.39, 0.29) is 12.2 Å². The number of carboxylic acids is 2. The van der Waals surface area contributed by atoms with Gasteiger partial charge in [0.15, 0.2) is 0 Å². The molecule has 0 fully saturated rings. The van der Waals surface area contributed by atoms with Crippen molar-refractivity contribution in [2.45, 2.75) is 43.9 Å². The molecular weight excluding hydrogens is 428 g/mol. The molecule has 0 bridgehead atoms. The SMILES string of the molecule is CC(NC(=O)C(CO)NC(=O)C(Cc1ccc(O)cc1)NC(=O)C(N)CC(=O)O)C(=O)O. The number of hydrogen-bond donors (Lipinski definition) is 8. The van der Waals surface area contributed by atoms with Gasteiger partial charge in [0, 0.05) is 6.42 Å². The number of phenols is 1. The molecule has 1 rings (SSSR count). The molecule has 4 atom stereocenters. The molecule has 0 heterocycles. The number of nitrogens with one attached hydrogen (secondary N) is 3. The molecule has 0 spiro atoms. The number of nitrogens with two attached hydrogens (primary N) is 1. The lowest BCUT2D eigenvalue weighted by atomic mass is 10.0. The number of phenolic OH excluding ortho intramolecular Hbond substituents is 1. The number of aliphatic hydroxyl groups is 1. The summed E-state index contributed by atoms with van der Waals surface area (Å²) in [5, 5.41) is 43.1. The van der Waals surface area contributed by atoms with Gasteiger partial charge in [-0.15, -0.1) is 0 Å². The van der Waals surface area contributed by atoms with E-state index in [4.69, 9.17) is 15.9 Å². The molecule has 0 aliphatic heterocycles. The molecule has 13 heteroatoms. The van der Waals surface area contributed by atoms with Gasteiger partial charge in [-0.3, -0.25) is 24.0 Å². The summed E-state index contributed by atoms with van der Waals surface area (Å²) in [5.74, 6) is -5.50. The molecule has 9 N–H and O–H groups in total. The molecule has 0 radical (unpaired) electrons. The maximum Gasteiger partial charge on any atom is 0.325 e. The summed E-state index contributed by atoms with van der Waals surface area (Å²) in [7, 11) is 0. The van der Waals surface area contributed by atoms with Crippen molar-refractivity contribution in [2.24, 2.45) is 5.73 Å². The fraction of sp³-hybridized carbons (Fsp3) is 0.421. The molecule has 4 unspecified atom stereocenters. The van der Waals surface area contributed by atoms with E-state index in [1.165, 1.54) is 31.2 Å². The largest absolute Gasteiger partial charge is 0.508 e. The van der Waals surface area contributed by atoms with E-state index in [2.05, 4.69) is 16.0 Å². The van der Waals surface area contributed by atoms with E-state index in [1.54, 1.807) is 0 Å². The molecule has 0 aliphatic carbocycles. The van der Waals surface area contributed by atoms with Gasteiger partial charge in [0.2, 0.25) is 17.7 Å². The molecule has 13 nitrogen and oxygen atoms in total. The van der Waals surface area contributed by atoms with Gasteiger partial charge in [-0.1, -0.05) is 12.1 Å². The third-order valence-corrected chi connectivity index (χ3v) is 4.29. The van der Waals surface area contributed by atoms with Crippen LogP contribution in [-0.2, 0) is 30.4 Å². The Bertz CT molecular complexity index is 844. The Hall–Kier alpha value is -3.71. The Morgan fingerprint density at radius 2 is 1.44 bits per heavy atom. The van der Waals surface area contributed by atoms with Crippen LogP contribution in [0.15, 0.2) is 24.3 Å². The van der Waals surface area contributed by atoms with Gasteiger partial charge in [-0.2, -0.15) is 0 Å². The number of amides is 3. The van der Waals surface area contributed by atoms with E-state index >= 15 is 0 Å². The molecule has 3 amide bonds. The van der Waals surface area contributed by atoms with Crippen molar-refractivity contribution in [3.05, 3.63) is 29.8 Å². The predicted octanol–water partition coefficient (Wildman–Crippen LogP) is -2.71. The van der Waals surface area contributed by atoms with Crippen LogP contribution in [0.1, 0.15) is 18.9 Å². The lowest BCUT2D eigenvalue weighted by Gasteiger charge is -2.23. The summed E-state index contributed by atoms with van der Waals surface area (Å²) in [5.41, 5.74) is 6.02. The fourth-order valence-corrected chi connectivity index (χ4v) is 2.48. The average Bonchev–Trinajstić information content (AvgIpc) is 2.71. The summed E-state index contributed by atoms with van der Waals surface area (Å²) in [4.78, 5) is 58.8. The molecule has 0 aliphatic rings. The summed E-state index contributed by atoms with van der Waals surface area (Å²) < 4.78 is 0. The Morgan fingerprint density at radius 1 is 0.906 bits per heavy atom. The first-order chi connectivity index (χ1) is 14.9. The average molecular weight is 454 g/mol. The lowest BCUT2D eigenvalue weighted by molar-refractivity contribution is -0.142. The Morgan fingerprint density at radius 3 is 1.94 bits per heavy atom. The number of hydrogen-bond acceptors (Lipinski definition) is 8. The van der Waals surface area contributed by atoms with Crippen molar-refractivity contribution in [2.75, 3.05) is 6.61 Å². The minimum atomic E-state index is -1.52. The zero-order valence-corrected chi connectivity index (χ0v) is 17.1. The van der Waals surface area contributed by atoms with E-state index < -0.39 is 66.9 Å². The second kappa shape index (κ2) is 12.2. The quantitative estimate of drug-likeness (QED) is 0.163. The smallest absolute Gasteiger partial charge is 0.325 e. The number of aliphatic carboxylic acids is 2. The van der Waals surface area contributed by atoms with Gasteiger partial charge in [0.1, 0.15) is 23.9 Å². The van der Waals surface area contributed by atoms with Crippen LogP contribution in [-0.4, -0.2) is 80.9 Å². The zero-order chi connectivity index (χ0) is 24.4. The number of aliphatic hydroxyl groups excluding tert-OH is 1. The Balaban J connectivity index is 2.99. The highest BCUT2D eigenvalue weighted by atomic mass is 16.4. The molecule has 0 saturated carbocycles. The first-order valence-electron chi connectivity index (χ1n) is 9.44. The number of rotatable bonds is 12. The molecule has 32 heavy (non-hydrogen) atoms. The van der Waals surface area contributed by atoms with Crippen LogP contribution in [0, 0.1) is 0 Å². The van der Waals surface area contributed by atoms with Crippen LogP contribution in [0.4, 0.5) is 0 Å². The van der Waals surface area contributed by atoms with Crippen LogP contribution < -0.4 is 21.7 Å². The molecule has 176 valence electrons. The highest BCUT2D eigenvalue weighted by Gasteiger charge is 2.29. The van der Waals surface area contributed by atoms with Gasteiger partial charge in [-0.25, -0.2) is 0 Å². The van der Waals surface area contributed by atoms with E-state index in [0.29, 0.717) is 5.56 Å². The van der Waals surface area contributed by atoms with Crippen molar-refractivity contribution in [3.63, 3.8) is 0 Å². The lowest BCUT2D eigenvalue weighted by Crippen LogP contribution is -2.58. The van der Waals surface area contributed by atoms with Crippen molar-refractivity contribution in [1.82, 2.24) is 16.0 Å². The zero-order valence-electron chi connectivity index (χ0n) is 17.1. The molecule has 0 saturated heterocycles. The van der Waals surface area contributed by atoms with E-state index in [0.717, 1.165) is 0 Å². The maximum absolute atomic E-state index is 12.7. The third-order valence-electron chi connectivity index (χ3n) is 4.29. The van der Waals surface area contributed by atoms with Crippen molar-refractivity contribution < 1.29 is 44.4 Å². The second-order valence-corrected chi connectivity index (χ2v) is 6.95. The first kappa shape index (κ1) is 26.3. The van der Waals surface area contributed by atoms with E-state index in [9.17, 15) is 34.2 Å². The standard InChI is InChI=1S/C19H26N4O9/c1-9(19(31)32)21-18(30)14(8-24)23-17(29)13(6-10-2-4-11(25)5-3-10)22-16(28)12(20)7-15(26)27/h2-5,9,12-14,24-25H,6-8,20H2,1H3,(H,21,30)(H,22,28)(H,23,29)(H,26,27)(H,31,32). The highest BCUT2D eigenvalue weighted by Crippen LogP contribution is 2.12. The second-order valence-electron chi connectivity index (χ2n) is 6.95. The van der Waals surface area contributed by atoms with Gasteiger partial charge >= 0.3 is 11.9 Å². The minimum absolute atomic E-state index is 0.0353. The Labute approximate surface area is 182 Å². The summed E-state index contributed by atoms with van der Waals surface area (Å²) >= 11 is 0. The van der Waals surface area contributed by atoms with Crippen molar-refractivity contribution >= 4 is 29.7 Å². The molecular formula is C19H26N4O9. The molecule has 0 aromatic heterocycles. The van der Waals surface area contributed by atoms with Crippen LogP contribution in [0.2, 0.25) is 0 Å². The highest BCUT2D eigenvalue weighted by molar-refractivity contribution is 5.94. The van der Waals surface area contributed by atoms with Crippen LogP contribution >= 0.6 is 0 Å². The normalized spacial score (nSPS) is 14.3. The summed E-state index contributed by atoms with van der Waals surface area (Å²) in [6, 6.07) is 0.0692. The van der Waals surface area contributed by atoms with Crippen LogP contribution in [0.3, 0.4) is 0 Å². The number of aromatic hydroxyl groups is 1. The number of carboxylic acid groups (broad SMARTS) is 2. The third kappa shape index (κ3) is 8.57. The van der Waals surface area contributed by atoms with Crippen molar-refractivity contribution in [1.29, 1.82) is 0 Å². The van der Waals surface area contributed by atoms with Gasteiger partial charge in [0.25, 0.3) is 0 Å². The van der Waals surface area contributed by atoms with Gasteiger partial charge in [-0.05, 0) is 24.6 Å². The van der Waals surface area contributed by atoms with Crippen molar-refractivity contribution in [3.8, 4) is 5.75 Å². The fourth-order valence-electron chi connectivity index (χ4n) is 2.48. The number of carbonyl (C=O) groups is 5. The van der Waals surface area contributed by atoms with Crippen LogP contribution in [0.25, 0.3) is 0 Å². The molecule has 1 aromatic carbocycles. The summed E-state index contributed by atoms with van der Waals surface area (Å²) in [6.07, 6.45) is -0.808. The number of carbonyl (C=O) groups excluding carboxylic acids is 3. The Kier molecular flexibility index (Phi) is 10.1. The van der Waals surface area contributed by atoms with Gasteiger partial charge < -0.3 is 42.1 Å². The monoisotopic (exact) mass is 454 g/mol. The maximum atomic E-state index is 12.7. The van der Waals surface area contributed by atoms with Crippen LogP contribution in [0.5, 0.6) is 5.75 Å². The topological polar surface area (TPSA) is 228 Å². The first-order valence-corrected chi connectivity index (χ1v) is 9.44.